The molecule has 0 aliphatic heterocycles. The molecule has 0 radical (unpaired) electrons. The molecule has 2 aromatic carbocycles. The summed E-state index contributed by atoms with van der Waals surface area (Å²) in [6.45, 7) is 1.61. The van der Waals surface area contributed by atoms with Gasteiger partial charge in [0.2, 0.25) is 0 Å². The van der Waals surface area contributed by atoms with Crippen LogP contribution in [0.15, 0.2) is 42.5 Å². The van der Waals surface area contributed by atoms with Gasteiger partial charge in [-0.25, -0.2) is 0 Å². The van der Waals surface area contributed by atoms with Crippen molar-refractivity contribution < 1.29 is 19.0 Å². The summed E-state index contributed by atoms with van der Waals surface area (Å²) in [4.78, 5) is 11.1. The lowest BCUT2D eigenvalue weighted by Crippen LogP contribution is -2.30. The standard InChI is InChI=1S/C17H19NO4/c1-11(17(18)19)22-13-7-4-6-12(10-13)16-14(20-2)8-5-9-15(16)21-3/h4-11H,1-3H3,(H2,18,19). The molecule has 0 fully saturated rings. The smallest absolute Gasteiger partial charge is 0.258 e. The minimum atomic E-state index is -0.699. The molecule has 0 heterocycles. The molecule has 1 atom stereocenters. The van der Waals surface area contributed by atoms with E-state index in [1.54, 1.807) is 27.2 Å². The van der Waals surface area contributed by atoms with E-state index in [-0.39, 0.29) is 0 Å². The van der Waals surface area contributed by atoms with Gasteiger partial charge in [-0.3, -0.25) is 4.79 Å². The van der Waals surface area contributed by atoms with E-state index in [2.05, 4.69) is 0 Å². The second-order valence-corrected chi connectivity index (χ2v) is 4.73. The molecule has 0 aliphatic carbocycles. The molecule has 0 spiro atoms. The Morgan fingerprint density at radius 2 is 1.64 bits per heavy atom. The molecule has 5 nitrogen and oxygen atoms in total. The molecule has 0 saturated heterocycles. The van der Waals surface area contributed by atoms with E-state index < -0.39 is 12.0 Å². The molecular formula is C17H19NO4. The van der Waals surface area contributed by atoms with Gasteiger partial charge in [0.25, 0.3) is 5.91 Å². The van der Waals surface area contributed by atoms with Crippen LogP contribution in [0.4, 0.5) is 0 Å². The predicted octanol–water partition coefficient (Wildman–Crippen LogP) is 2.62. The third kappa shape index (κ3) is 3.31. The number of amides is 1. The number of hydrogen-bond donors (Lipinski definition) is 1. The number of methoxy groups -OCH3 is 2. The Bertz CT molecular complexity index is 647. The van der Waals surface area contributed by atoms with Crippen LogP contribution in [-0.4, -0.2) is 26.2 Å². The van der Waals surface area contributed by atoms with Gasteiger partial charge in [-0.05, 0) is 36.8 Å². The number of nitrogens with two attached hydrogens (primary N) is 1. The third-order valence-corrected chi connectivity index (χ3v) is 3.26. The highest BCUT2D eigenvalue weighted by molar-refractivity contribution is 5.79. The van der Waals surface area contributed by atoms with Gasteiger partial charge in [-0.2, -0.15) is 0 Å². The van der Waals surface area contributed by atoms with Gasteiger partial charge in [0.1, 0.15) is 17.2 Å². The molecule has 2 aromatic rings. The first-order valence-corrected chi connectivity index (χ1v) is 6.84. The van der Waals surface area contributed by atoms with E-state index in [9.17, 15) is 4.79 Å². The Labute approximate surface area is 129 Å². The molecular weight excluding hydrogens is 282 g/mol. The second kappa shape index (κ2) is 6.85. The monoisotopic (exact) mass is 301 g/mol. The summed E-state index contributed by atoms with van der Waals surface area (Å²) in [6, 6.07) is 12.9. The van der Waals surface area contributed by atoms with Crippen LogP contribution in [0.1, 0.15) is 6.92 Å². The molecule has 22 heavy (non-hydrogen) atoms. The van der Waals surface area contributed by atoms with Crippen LogP contribution in [0, 0.1) is 0 Å². The van der Waals surface area contributed by atoms with Gasteiger partial charge in [0.05, 0.1) is 19.8 Å². The lowest BCUT2D eigenvalue weighted by molar-refractivity contribution is -0.123. The molecule has 2 rings (SSSR count). The van der Waals surface area contributed by atoms with Gasteiger partial charge in [-0.1, -0.05) is 18.2 Å². The fraction of sp³-hybridized carbons (Fsp3) is 0.235. The number of carbonyl (C=O) groups excluding carboxylic acids is 1. The van der Waals surface area contributed by atoms with Crippen LogP contribution < -0.4 is 19.9 Å². The summed E-state index contributed by atoms with van der Waals surface area (Å²) in [5.41, 5.74) is 6.91. The summed E-state index contributed by atoms with van der Waals surface area (Å²) in [5, 5.41) is 0. The number of primary amides is 1. The van der Waals surface area contributed by atoms with Gasteiger partial charge in [0.15, 0.2) is 6.10 Å². The van der Waals surface area contributed by atoms with E-state index in [0.29, 0.717) is 17.2 Å². The summed E-state index contributed by atoms with van der Waals surface area (Å²) in [7, 11) is 3.21. The lowest BCUT2D eigenvalue weighted by Gasteiger charge is -2.15. The summed E-state index contributed by atoms with van der Waals surface area (Å²) < 4.78 is 16.3. The summed E-state index contributed by atoms with van der Waals surface area (Å²) in [6.07, 6.45) is -0.699. The topological polar surface area (TPSA) is 70.8 Å². The number of benzene rings is 2. The van der Waals surface area contributed by atoms with Gasteiger partial charge < -0.3 is 19.9 Å². The molecule has 5 heteroatoms. The van der Waals surface area contributed by atoms with Crippen LogP contribution in [0.5, 0.6) is 17.2 Å². The first kappa shape index (κ1) is 15.7. The van der Waals surface area contributed by atoms with Crippen LogP contribution >= 0.6 is 0 Å². The molecule has 0 aliphatic rings. The normalized spacial score (nSPS) is 11.6. The van der Waals surface area contributed by atoms with E-state index in [0.717, 1.165) is 11.1 Å². The SMILES string of the molecule is COc1cccc(OC)c1-c1cccc(OC(C)C(N)=O)c1. The largest absolute Gasteiger partial charge is 0.496 e. The van der Waals surface area contributed by atoms with Crippen LogP contribution in [0.25, 0.3) is 11.1 Å². The predicted molar refractivity (Wildman–Crippen MR) is 84.3 cm³/mol. The molecule has 2 N–H and O–H groups in total. The van der Waals surface area contributed by atoms with Crippen molar-refractivity contribution in [3.05, 3.63) is 42.5 Å². The van der Waals surface area contributed by atoms with E-state index in [1.807, 2.05) is 36.4 Å². The Kier molecular flexibility index (Phi) is 4.88. The van der Waals surface area contributed by atoms with Crippen molar-refractivity contribution in [2.45, 2.75) is 13.0 Å². The minimum Gasteiger partial charge on any atom is -0.496 e. The second-order valence-electron chi connectivity index (χ2n) is 4.73. The van der Waals surface area contributed by atoms with Crippen molar-refractivity contribution in [1.82, 2.24) is 0 Å². The first-order valence-electron chi connectivity index (χ1n) is 6.84. The van der Waals surface area contributed by atoms with E-state index in [1.165, 1.54) is 0 Å². The first-order chi connectivity index (χ1) is 10.6. The lowest BCUT2D eigenvalue weighted by atomic mass is 10.0. The average Bonchev–Trinajstić information content (AvgIpc) is 2.54. The quantitative estimate of drug-likeness (QED) is 0.890. The molecule has 0 saturated carbocycles. The number of ether oxygens (including phenoxy) is 3. The van der Waals surface area contributed by atoms with Crippen molar-refractivity contribution >= 4 is 5.91 Å². The summed E-state index contributed by atoms with van der Waals surface area (Å²) >= 11 is 0. The highest BCUT2D eigenvalue weighted by Gasteiger charge is 2.14. The summed E-state index contributed by atoms with van der Waals surface area (Å²) in [5.74, 6) is 1.43. The molecule has 0 aromatic heterocycles. The highest BCUT2D eigenvalue weighted by atomic mass is 16.5. The third-order valence-electron chi connectivity index (χ3n) is 3.26. The number of carbonyl (C=O) groups is 1. The Morgan fingerprint density at radius 3 is 2.18 bits per heavy atom. The number of rotatable bonds is 6. The van der Waals surface area contributed by atoms with E-state index in [4.69, 9.17) is 19.9 Å². The maximum Gasteiger partial charge on any atom is 0.258 e. The molecule has 1 unspecified atom stereocenters. The van der Waals surface area contributed by atoms with E-state index >= 15 is 0 Å². The van der Waals surface area contributed by atoms with Crippen molar-refractivity contribution in [2.75, 3.05) is 14.2 Å². The van der Waals surface area contributed by atoms with Crippen LogP contribution in [-0.2, 0) is 4.79 Å². The zero-order valence-corrected chi connectivity index (χ0v) is 12.8. The van der Waals surface area contributed by atoms with Crippen molar-refractivity contribution in [2.24, 2.45) is 5.73 Å². The molecule has 1 amide bonds. The fourth-order valence-corrected chi connectivity index (χ4v) is 2.12. The maximum absolute atomic E-state index is 11.1. The Hall–Kier alpha value is -2.69. The number of hydrogen-bond acceptors (Lipinski definition) is 4. The van der Waals surface area contributed by atoms with Crippen LogP contribution in [0.2, 0.25) is 0 Å². The van der Waals surface area contributed by atoms with Crippen molar-refractivity contribution in [1.29, 1.82) is 0 Å². The van der Waals surface area contributed by atoms with Gasteiger partial charge >= 0.3 is 0 Å². The zero-order chi connectivity index (χ0) is 16.1. The van der Waals surface area contributed by atoms with Gasteiger partial charge in [-0.15, -0.1) is 0 Å². The molecule has 116 valence electrons. The maximum atomic E-state index is 11.1. The average molecular weight is 301 g/mol. The molecule has 0 bridgehead atoms. The van der Waals surface area contributed by atoms with Gasteiger partial charge in [0, 0.05) is 0 Å². The zero-order valence-electron chi connectivity index (χ0n) is 12.8. The van der Waals surface area contributed by atoms with Crippen molar-refractivity contribution in [3.63, 3.8) is 0 Å². The Morgan fingerprint density at radius 1 is 1.05 bits per heavy atom. The van der Waals surface area contributed by atoms with Crippen molar-refractivity contribution in [3.8, 4) is 28.4 Å². The fourth-order valence-electron chi connectivity index (χ4n) is 2.12. The van der Waals surface area contributed by atoms with Crippen LogP contribution in [0.3, 0.4) is 0 Å². The Balaban J connectivity index is 2.44. The minimum absolute atomic E-state index is 0.514. The highest BCUT2D eigenvalue weighted by Crippen LogP contribution is 2.39.